The molecule has 7 nitrogen and oxygen atoms in total. The van der Waals surface area contributed by atoms with E-state index >= 15 is 0 Å². The first-order valence-corrected chi connectivity index (χ1v) is 13.2. The van der Waals surface area contributed by atoms with Crippen LogP contribution in [0.1, 0.15) is 30.5 Å². The van der Waals surface area contributed by atoms with Gasteiger partial charge in [-0.1, -0.05) is 30.3 Å². The van der Waals surface area contributed by atoms with Gasteiger partial charge in [-0.15, -0.1) is 0 Å². The van der Waals surface area contributed by atoms with Crippen molar-refractivity contribution in [3.63, 3.8) is 0 Å². The molecule has 0 spiro atoms. The van der Waals surface area contributed by atoms with E-state index in [1.54, 1.807) is 14.2 Å². The van der Waals surface area contributed by atoms with Crippen LogP contribution in [0.3, 0.4) is 0 Å². The van der Waals surface area contributed by atoms with Crippen molar-refractivity contribution in [3.05, 3.63) is 108 Å². The van der Waals surface area contributed by atoms with Crippen LogP contribution in [0.2, 0.25) is 0 Å². The average Bonchev–Trinajstić information content (AvgIpc) is 2.99. The molecular formula is C33H37NO6. The number of nitrogens with one attached hydrogen (secondary N) is 1. The number of methoxy groups -OCH3 is 2. The molecule has 7 heteroatoms. The minimum atomic E-state index is -0.664. The summed E-state index contributed by atoms with van der Waals surface area (Å²) >= 11 is 0. The third-order valence-corrected chi connectivity index (χ3v) is 6.25. The molecule has 210 valence electrons. The SMILES string of the molecule is COc1ccc(COc2ccc(CNc3cccc(OC(C)(C)CO)c3)c(OCc3ccc(OC)cc3)c2)cc1. The molecule has 0 aliphatic rings. The monoisotopic (exact) mass is 543 g/mol. The van der Waals surface area contributed by atoms with Crippen molar-refractivity contribution in [1.82, 2.24) is 0 Å². The van der Waals surface area contributed by atoms with Gasteiger partial charge < -0.3 is 34.1 Å². The largest absolute Gasteiger partial charge is 0.497 e. The van der Waals surface area contributed by atoms with Gasteiger partial charge in [-0.25, -0.2) is 0 Å². The van der Waals surface area contributed by atoms with Crippen molar-refractivity contribution in [2.24, 2.45) is 0 Å². The fourth-order valence-electron chi connectivity index (χ4n) is 3.89. The smallest absolute Gasteiger partial charge is 0.128 e. The summed E-state index contributed by atoms with van der Waals surface area (Å²) in [4.78, 5) is 0. The van der Waals surface area contributed by atoms with E-state index in [-0.39, 0.29) is 6.61 Å². The maximum absolute atomic E-state index is 9.54. The molecule has 0 heterocycles. The highest BCUT2D eigenvalue weighted by atomic mass is 16.5. The summed E-state index contributed by atoms with van der Waals surface area (Å²) in [6.45, 7) is 4.97. The minimum Gasteiger partial charge on any atom is -0.497 e. The highest BCUT2D eigenvalue weighted by molar-refractivity contribution is 5.50. The molecule has 0 fully saturated rings. The number of hydrogen-bond acceptors (Lipinski definition) is 7. The van der Waals surface area contributed by atoms with E-state index in [1.165, 1.54) is 0 Å². The van der Waals surface area contributed by atoms with Crippen LogP contribution in [0.15, 0.2) is 91.0 Å². The molecule has 0 aromatic heterocycles. The van der Waals surface area contributed by atoms with Crippen molar-refractivity contribution in [2.45, 2.75) is 39.2 Å². The summed E-state index contributed by atoms with van der Waals surface area (Å²) in [6, 6.07) is 29.2. The number of hydrogen-bond donors (Lipinski definition) is 2. The first-order chi connectivity index (χ1) is 19.4. The van der Waals surface area contributed by atoms with Crippen LogP contribution < -0.4 is 29.0 Å². The topological polar surface area (TPSA) is 78.4 Å². The molecule has 4 aromatic carbocycles. The molecule has 0 unspecified atom stereocenters. The fourth-order valence-corrected chi connectivity index (χ4v) is 3.89. The third-order valence-electron chi connectivity index (χ3n) is 6.25. The molecule has 2 N–H and O–H groups in total. The molecule has 0 saturated heterocycles. The van der Waals surface area contributed by atoms with Gasteiger partial charge in [0.2, 0.25) is 0 Å². The lowest BCUT2D eigenvalue weighted by Gasteiger charge is -2.24. The molecule has 4 aromatic rings. The van der Waals surface area contributed by atoms with Crippen molar-refractivity contribution in [2.75, 3.05) is 26.1 Å². The molecule has 0 radical (unpaired) electrons. The minimum absolute atomic E-state index is 0.0769. The van der Waals surface area contributed by atoms with Gasteiger partial charge in [0.15, 0.2) is 0 Å². The van der Waals surface area contributed by atoms with Gasteiger partial charge in [-0.05, 0) is 73.5 Å². The Labute approximate surface area is 236 Å². The van der Waals surface area contributed by atoms with Crippen LogP contribution in [0, 0.1) is 0 Å². The summed E-state index contributed by atoms with van der Waals surface area (Å²) < 4.78 is 28.8. The van der Waals surface area contributed by atoms with Gasteiger partial charge in [0.1, 0.15) is 47.6 Å². The van der Waals surface area contributed by atoms with Gasteiger partial charge in [0, 0.05) is 29.9 Å². The summed E-state index contributed by atoms with van der Waals surface area (Å²) in [6.07, 6.45) is 0. The fraction of sp³-hybridized carbons (Fsp3) is 0.273. The maximum Gasteiger partial charge on any atom is 0.128 e. The Morgan fingerprint density at radius 3 is 1.88 bits per heavy atom. The van der Waals surface area contributed by atoms with Crippen LogP contribution in [0.4, 0.5) is 5.69 Å². The Hall–Kier alpha value is -4.36. The predicted molar refractivity (Wildman–Crippen MR) is 157 cm³/mol. The van der Waals surface area contributed by atoms with E-state index in [0.29, 0.717) is 31.3 Å². The van der Waals surface area contributed by atoms with E-state index in [0.717, 1.165) is 39.6 Å². The molecule has 0 saturated carbocycles. The lowest BCUT2D eigenvalue weighted by Crippen LogP contribution is -2.32. The second-order valence-electron chi connectivity index (χ2n) is 9.94. The number of aliphatic hydroxyl groups is 1. The Kier molecular flexibility index (Phi) is 9.76. The van der Waals surface area contributed by atoms with Crippen molar-refractivity contribution >= 4 is 5.69 Å². The second-order valence-corrected chi connectivity index (χ2v) is 9.94. The van der Waals surface area contributed by atoms with Crippen molar-refractivity contribution in [1.29, 1.82) is 0 Å². The zero-order chi connectivity index (χ0) is 28.4. The van der Waals surface area contributed by atoms with Crippen LogP contribution in [-0.4, -0.2) is 31.5 Å². The molecule has 0 aliphatic heterocycles. The number of rotatable bonds is 14. The third kappa shape index (κ3) is 8.32. The average molecular weight is 544 g/mol. The highest BCUT2D eigenvalue weighted by Crippen LogP contribution is 2.29. The van der Waals surface area contributed by atoms with Crippen LogP contribution in [0.5, 0.6) is 28.7 Å². The van der Waals surface area contributed by atoms with E-state index in [1.807, 2.05) is 105 Å². The van der Waals surface area contributed by atoms with E-state index in [9.17, 15) is 5.11 Å². The Morgan fingerprint density at radius 1 is 0.675 bits per heavy atom. The maximum atomic E-state index is 9.54. The molecule has 0 amide bonds. The van der Waals surface area contributed by atoms with Gasteiger partial charge >= 0.3 is 0 Å². The molecule has 0 aliphatic carbocycles. The number of ether oxygens (including phenoxy) is 5. The quantitative estimate of drug-likeness (QED) is 0.185. The van der Waals surface area contributed by atoms with Crippen LogP contribution in [-0.2, 0) is 19.8 Å². The number of aliphatic hydroxyl groups excluding tert-OH is 1. The normalized spacial score (nSPS) is 11.0. The summed E-state index contributed by atoms with van der Waals surface area (Å²) in [5, 5.41) is 13.0. The summed E-state index contributed by atoms with van der Waals surface area (Å²) in [5.74, 6) is 3.73. The molecule has 40 heavy (non-hydrogen) atoms. The van der Waals surface area contributed by atoms with E-state index in [4.69, 9.17) is 23.7 Å². The Balaban J connectivity index is 1.48. The van der Waals surface area contributed by atoms with E-state index in [2.05, 4.69) is 5.32 Å². The number of anilines is 1. The van der Waals surface area contributed by atoms with E-state index < -0.39 is 5.60 Å². The summed E-state index contributed by atoms with van der Waals surface area (Å²) in [7, 11) is 3.30. The van der Waals surface area contributed by atoms with Gasteiger partial charge in [-0.3, -0.25) is 0 Å². The standard InChI is InChI=1S/C33H37NO6/c1-33(2,23-35)40-31-7-5-6-27(18-31)34-20-26-12-17-30(38-21-24-8-13-28(36-3)14-9-24)19-32(26)39-22-25-10-15-29(37-4)16-11-25/h5-19,34-35H,20-23H2,1-4H3. The first kappa shape index (κ1) is 28.6. The Morgan fingerprint density at radius 2 is 1.27 bits per heavy atom. The van der Waals surface area contributed by atoms with Crippen LogP contribution >= 0.6 is 0 Å². The summed E-state index contributed by atoms with van der Waals surface area (Å²) in [5.41, 5.74) is 3.28. The Bertz CT molecular complexity index is 1350. The molecule has 0 bridgehead atoms. The zero-order valence-corrected chi connectivity index (χ0v) is 23.5. The van der Waals surface area contributed by atoms with Crippen LogP contribution in [0.25, 0.3) is 0 Å². The zero-order valence-electron chi connectivity index (χ0n) is 23.5. The van der Waals surface area contributed by atoms with Gasteiger partial charge in [0.25, 0.3) is 0 Å². The predicted octanol–water partition coefficient (Wildman–Crippen LogP) is 6.62. The van der Waals surface area contributed by atoms with Crippen molar-refractivity contribution < 1.29 is 28.8 Å². The lowest BCUT2D eigenvalue weighted by atomic mass is 10.1. The number of benzene rings is 4. The molecule has 4 rings (SSSR count). The lowest BCUT2D eigenvalue weighted by molar-refractivity contribution is 0.0413. The molecular weight excluding hydrogens is 506 g/mol. The van der Waals surface area contributed by atoms with Crippen molar-refractivity contribution in [3.8, 4) is 28.7 Å². The molecule has 0 atom stereocenters. The highest BCUT2D eigenvalue weighted by Gasteiger charge is 2.18. The first-order valence-electron chi connectivity index (χ1n) is 13.2. The second kappa shape index (κ2) is 13.6. The van der Waals surface area contributed by atoms with Gasteiger partial charge in [0.05, 0.1) is 20.8 Å². The van der Waals surface area contributed by atoms with Gasteiger partial charge in [-0.2, -0.15) is 0 Å².